The molecule has 0 saturated carbocycles. The van der Waals surface area contributed by atoms with E-state index in [9.17, 15) is 58.7 Å². The van der Waals surface area contributed by atoms with Gasteiger partial charge < -0.3 is 62.3 Å². The van der Waals surface area contributed by atoms with E-state index in [1.54, 1.807) is 0 Å². The predicted molar refractivity (Wildman–Crippen MR) is 260 cm³/mol. The van der Waals surface area contributed by atoms with Crippen LogP contribution in [0.15, 0.2) is 66.7 Å². The van der Waals surface area contributed by atoms with E-state index in [-0.39, 0.29) is 38.9 Å². The number of carboxylic acid groups (broad SMARTS) is 4. The first-order valence-electron chi connectivity index (χ1n) is 20.6. The number of methoxy groups -OCH3 is 4. The molecular formula is C47H35Cl2F9N8O12. The number of nitrogens with two attached hydrogens (primary N) is 4. The van der Waals surface area contributed by atoms with Crippen molar-refractivity contribution in [2.24, 2.45) is 0 Å². The largest absolute Gasteiger partial charge is 0.492 e. The molecule has 20 nitrogen and oxygen atoms in total. The zero-order valence-electron chi connectivity index (χ0n) is 39.7. The van der Waals surface area contributed by atoms with Crippen molar-refractivity contribution < 1.29 is 98.1 Å². The molecule has 0 atom stereocenters. The van der Waals surface area contributed by atoms with Gasteiger partial charge in [-0.1, -0.05) is 41.4 Å². The number of carbonyl (C=O) groups is 4. The van der Waals surface area contributed by atoms with Gasteiger partial charge in [0.05, 0.1) is 39.0 Å². The van der Waals surface area contributed by atoms with Crippen molar-refractivity contribution in [3.63, 3.8) is 0 Å². The van der Waals surface area contributed by atoms with Crippen LogP contribution in [0, 0.1) is 34.9 Å². The minimum atomic E-state index is -4.55. The number of carboxylic acids is 4. The van der Waals surface area contributed by atoms with Crippen molar-refractivity contribution in [3.05, 3.63) is 140 Å². The quantitative estimate of drug-likeness (QED) is 0.0441. The number of hydrogen-bond donors (Lipinski definition) is 8. The van der Waals surface area contributed by atoms with Gasteiger partial charge in [-0.3, -0.25) is 0 Å². The second-order valence-corrected chi connectivity index (χ2v) is 15.4. The maximum Gasteiger partial charge on any atom is 0.416 e. The number of nitrogens with zero attached hydrogens (tertiary/aromatic N) is 4. The minimum absolute atomic E-state index is 0.00579. The van der Waals surface area contributed by atoms with Crippen molar-refractivity contribution in [3.8, 4) is 56.8 Å². The number of benzene rings is 3. The summed E-state index contributed by atoms with van der Waals surface area (Å²) in [4.78, 5) is 58.2. The second kappa shape index (κ2) is 25.3. The third-order valence-electron chi connectivity index (χ3n) is 9.89. The van der Waals surface area contributed by atoms with Crippen LogP contribution in [0.5, 0.6) is 23.0 Å². The Bertz CT molecular complexity index is 3460. The van der Waals surface area contributed by atoms with E-state index in [1.165, 1.54) is 24.3 Å². The van der Waals surface area contributed by atoms with Gasteiger partial charge in [0.2, 0.25) is 0 Å². The van der Waals surface area contributed by atoms with E-state index in [2.05, 4.69) is 24.7 Å². The van der Waals surface area contributed by atoms with Crippen molar-refractivity contribution in [1.29, 1.82) is 0 Å². The third kappa shape index (κ3) is 13.5. The highest BCUT2D eigenvalue weighted by molar-refractivity contribution is 6.31. The first-order valence-corrected chi connectivity index (χ1v) is 21.3. The molecule has 0 aliphatic rings. The van der Waals surface area contributed by atoms with Gasteiger partial charge in [0.15, 0.2) is 74.2 Å². The Balaban J connectivity index is 0.000000227. The summed E-state index contributed by atoms with van der Waals surface area (Å²) >= 11 is 10.8. The van der Waals surface area contributed by atoms with Crippen LogP contribution < -0.4 is 41.9 Å². The summed E-state index contributed by atoms with van der Waals surface area (Å²) in [5.41, 5.74) is 15.6. The summed E-state index contributed by atoms with van der Waals surface area (Å²) in [6, 6.07) is 11.6. The first-order chi connectivity index (χ1) is 36.5. The molecule has 0 bridgehead atoms. The Morgan fingerprint density at radius 2 is 0.756 bits per heavy atom. The highest BCUT2D eigenvalue weighted by atomic mass is 35.5. The molecule has 0 radical (unpaired) electrons. The van der Waals surface area contributed by atoms with Crippen LogP contribution in [0.4, 0.5) is 62.3 Å². The van der Waals surface area contributed by atoms with Gasteiger partial charge in [-0.25, -0.2) is 65.5 Å². The first kappa shape index (κ1) is 61.0. The lowest BCUT2D eigenvalue weighted by molar-refractivity contribution is -0.137. The Morgan fingerprint density at radius 3 is 1.06 bits per heavy atom. The second-order valence-electron chi connectivity index (χ2n) is 14.7. The smallest absolute Gasteiger partial charge is 0.416 e. The summed E-state index contributed by atoms with van der Waals surface area (Å²) < 4.78 is 138. The number of ether oxygens (including phenoxy) is 4. The number of nitrogen functional groups attached to an aromatic ring is 4. The van der Waals surface area contributed by atoms with Gasteiger partial charge in [0, 0.05) is 16.7 Å². The molecule has 4 heterocycles. The highest BCUT2D eigenvalue weighted by Crippen LogP contribution is 2.38. The van der Waals surface area contributed by atoms with E-state index in [1.807, 2.05) is 0 Å². The highest BCUT2D eigenvalue weighted by Gasteiger charge is 2.31. The molecule has 0 aliphatic heterocycles. The maximum atomic E-state index is 14.2. The Kier molecular flexibility index (Phi) is 19.8. The van der Waals surface area contributed by atoms with Gasteiger partial charge in [-0.05, 0) is 48.5 Å². The molecule has 12 N–H and O–H groups in total. The molecule has 0 unspecified atom stereocenters. The maximum absolute atomic E-state index is 14.2. The Morgan fingerprint density at radius 1 is 0.462 bits per heavy atom. The number of aromatic nitrogens is 4. The van der Waals surface area contributed by atoms with Crippen LogP contribution in [0.3, 0.4) is 0 Å². The lowest BCUT2D eigenvalue weighted by Crippen LogP contribution is -2.10. The average molecular weight is 1150 g/mol. The molecule has 4 aromatic heterocycles. The number of anilines is 4. The predicted octanol–water partition coefficient (Wildman–Crippen LogP) is 9.64. The summed E-state index contributed by atoms with van der Waals surface area (Å²) in [6.07, 6.45) is -4.55. The van der Waals surface area contributed by atoms with Crippen LogP contribution in [-0.4, -0.2) is 92.7 Å². The summed E-state index contributed by atoms with van der Waals surface area (Å²) in [7, 11) is 4.56. The molecule has 3 aromatic carbocycles. The van der Waals surface area contributed by atoms with E-state index in [4.69, 9.17) is 80.8 Å². The van der Waals surface area contributed by atoms with Crippen molar-refractivity contribution >= 4 is 69.8 Å². The lowest BCUT2D eigenvalue weighted by Gasteiger charge is -2.13. The third-order valence-corrected chi connectivity index (χ3v) is 10.5. The van der Waals surface area contributed by atoms with Crippen LogP contribution in [0.1, 0.15) is 47.5 Å². The van der Waals surface area contributed by atoms with Crippen molar-refractivity contribution in [2.75, 3.05) is 51.4 Å². The molecule has 31 heteroatoms. The van der Waals surface area contributed by atoms with Crippen molar-refractivity contribution in [1.82, 2.24) is 19.9 Å². The molecule has 412 valence electrons. The molecule has 78 heavy (non-hydrogen) atoms. The average Bonchev–Trinajstić information content (AvgIpc) is 3.39. The topological polar surface area (TPSA) is 342 Å². The number of aromatic carboxylic acids is 4. The monoisotopic (exact) mass is 1140 g/mol. The van der Waals surface area contributed by atoms with E-state index >= 15 is 0 Å². The number of alkyl halides is 3. The van der Waals surface area contributed by atoms with Gasteiger partial charge >= 0.3 is 30.1 Å². The molecule has 0 amide bonds. The number of rotatable bonds is 11. The Hall–Kier alpha value is -9.51. The lowest BCUT2D eigenvalue weighted by atomic mass is 10.1. The standard InChI is InChI=1S/C14H10F4N2O3.C13H9ClF2N2O3.C13H10F2N2O3.C7H6ClFN2O3/c1-23-12-9(19)8(15)10(20-11(12)13(21)22)6-2-4-7(5-3-6)14(16,17)18;1-21-12-9(17)8(16)10(18-11(12)13(19)20)5-2-3-6(14)7(15)4-5;1-20-12-9(16)8(15)10(17-11(12)13(18)19)6-2-4-7(14)5-3-6;1-14-5-3(10)2(9)6(8)11-4(5)7(12)13/h2-5H,1H3,(H2,19,20)(H,21,22);2-4H,1H3,(H2,17,18)(H,19,20);2-5H,1H3,(H2,16,17)(H,18,19);1H3,(H2,10,11)(H,12,13). The van der Waals surface area contributed by atoms with Gasteiger partial charge in [0.1, 0.15) is 51.5 Å². The van der Waals surface area contributed by atoms with Crippen LogP contribution in [0.2, 0.25) is 10.2 Å². The molecule has 0 fully saturated rings. The van der Waals surface area contributed by atoms with Crippen LogP contribution >= 0.6 is 23.2 Å². The minimum Gasteiger partial charge on any atom is -0.492 e. The van der Waals surface area contributed by atoms with Crippen LogP contribution in [0.25, 0.3) is 33.8 Å². The summed E-state index contributed by atoms with van der Waals surface area (Å²) in [5, 5.41) is 35.1. The molecule has 7 rings (SSSR count). The fraction of sp³-hybridized carbons (Fsp3) is 0.106. The van der Waals surface area contributed by atoms with E-state index < -0.39 is 144 Å². The SMILES string of the molecule is COc1c(C(=O)O)nc(-c2ccc(C(F)(F)F)cc2)c(F)c1N.COc1c(C(=O)O)nc(-c2ccc(Cl)c(F)c2)c(F)c1N.COc1c(C(=O)O)nc(-c2ccc(F)cc2)c(F)c1N.COc1c(C(=O)O)nc(Cl)c(F)c1N. The van der Waals surface area contributed by atoms with Gasteiger partial charge in [-0.15, -0.1) is 0 Å². The van der Waals surface area contributed by atoms with Crippen molar-refractivity contribution in [2.45, 2.75) is 6.18 Å². The summed E-state index contributed by atoms with van der Waals surface area (Å²) in [5.74, 6) is -12.6. The van der Waals surface area contributed by atoms with Crippen LogP contribution in [-0.2, 0) is 6.18 Å². The van der Waals surface area contributed by atoms with E-state index in [0.29, 0.717) is 0 Å². The van der Waals surface area contributed by atoms with Gasteiger partial charge in [-0.2, -0.15) is 13.2 Å². The zero-order chi connectivity index (χ0) is 58.8. The molecular weight excluding hydrogens is 1110 g/mol. The Labute approximate surface area is 441 Å². The summed E-state index contributed by atoms with van der Waals surface area (Å²) in [6.45, 7) is 0. The van der Waals surface area contributed by atoms with E-state index in [0.717, 1.165) is 70.9 Å². The number of pyridine rings is 4. The molecule has 7 aromatic rings. The molecule has 0 spiro atoms. The normalized spacial score (nSPS) is 10.6. The molecule has 0 saturated heterocycles. The number of hydrogen-bond acceptors (Lipinski definition) is 16. The fourth-order valence-corrected chi connectivity index (χ4v) is 6.59. The number of halogens is 11. The van der Waals surface area contributed by atoms with Gasteiger partial charge in [0.25, 0.3) is 0 Å². The zero-order valence-corrected chi connectivity index (χ0v) is 41.2. The fourth-order valence-electron chi connectivity index (χ4n) is 6.28. The molecule has 0 aliphatic carbocycles.